The van der Waals surface area contributed by atoms with Gasteiger partial charge in [-0.3, -0.25) is 14.4 Å². The van der Waals surface area contributed by atoms with Gasteiger partial charge in [0.1, 0.15) is 6.54 Å². The minimum absolute atomic E-state index is 0.166. The van der Waals surface area contributed by atoms with E-state index in [1.54, 1.807) is 5.06 Å². The molecule has 1 aliphatic rings. The summed E-state index contributed by atoms with van der Waals surface area (Å²) in [6, 6.07) is 9.41. The third-order valence-electron chi connectivity index (χ3n) is 3.55. The van der Waals surface area contributed by atoms with Gasteiger partial charge in [0, 0.05) is 26.1 Å². The van der Waals surface area contributed by atoms with Gasteiger partial charge in [-0.05, 0) is 18.4 Å². The molecule has 6 heteroatoms. The molecule has 1 aromatic rings. The Kier molecular flexibility index (Phi) is 6.36. The maximum Gasteiger partial charge on any atom is 0.323 e. The second kappa shape index (κ2) is 8.51. The van der Waals surface area contributed by atoms with Gasteiger partial charge >= 0.3 is 5.97 Å². The standard InChI is InChI=1S/C16H22N2O4/c19-15(8-10-18-9-4-5-11-22-18)17(13-16(20)21)12-14-6-2-1-3-7-14/h1-3,6-7H,4-5,8-13H2,(H,20,21). The monoisotopic (exact) mass is 306 g/mol. The van der Waals surface area contributed by atoms with Crippen molar-refractivity contribution in [1.82, 2.24) is 9.96 Å². The van der Waals surface area contributed by atoms with Crippen LogP contribution >= 0.6 is 0 Å². The average molecular weight is 306 g/mol. The minimum atomic E-state index is -1.00. The zero-order chi connectivity index (χ0) is 15.8. The number of carboxylic acids is 1. The summed E-state index contributed by atoms with van der Waals surface area (Å²) < 4.78 is 0. The highest BCUT2D eigenvalue weighted by Gasteiger charge is 2.19. The van der Waals surface area contributed by atoms with E-state index < -0.39 is 5.97 Å². The van der Waals surface area contributed by atoms with Crippen molar-refractivity contribution in [1.29, 1.82) is 0 Å². The molecule has 0 spiro atoms. The lowest BCUT2D eigenvalue weighted by Gasteiger charge is -2.27. The fraction of sp³-hybridized carbons (Fsp3) is 0.500. The molecule has 0 aliphatic carbocycles. The second-order valence-corrected chi connectivity index (χ2v) is 5.35. The molecule has 1 heterocycles. The fourth-order valence-electron chi connectivity index (χ4n) is 2.40. The number of amides is 1. The number of hydrogen-bond donors (Lipinski definition) is 1. The summed E-state index contributed by atoms with van der Waals surface area (Å²) in [4.78, 5) is 30.1. The van der Waals surface area contributed by atoms with E-state index in [9.17, 15) is 9.59 Å². The van der Waals surface area contributed by atoms with Gasteiger partial charge in [0.25, 0.3) is 0 Å². The number of rotatable bonds is 7. The molecule has 1 aromatic carbocycles. The summed E-state index contributed by atoms with van der Waals surface area (Å²) in [6.45, 7) is 2.05. The van der Waals surface area contributed by atoms with Crippen molar-refractivity contribution >= 4 is 11.9 Å². The number of hydroxylamine groups is 2. The minimum Gasteiger partial charge on any atom is -0.480 e. The van der Waals surface area contributed by atoms with Crippen LogP contribution in [-0.4, -0.2) is 53.2 Å². The lowest BCUT2D eigenvalue weighted by Crippen LogP contribution is -2.38. The maximum absolute atomic E-state index is 12.3. The summed E-state index contributed by atoms with van der Waals surface area (Å²) in [5, 5.41) is 10.8. The van der Waals surface area contributed by atoms with E-state index in [1.165, 1.54) is 4.90 Å². The van der Waals surface area contributed by atoms with Crippen LogP contribution < -0.4 is 0 Å². The normalized spacial score (nSPS) is 15.5. The summed E-state index contributed by atoms with van der Waals surface area (Å²) in [7, 11) is 0. The first-order valence-corrected chi connectivity index (χ1v) is 7.56. The molecular formula is C16H22N2O4. The van der Waals surface area contributed by atoms with Crippen LogP contribution in [0.3, 0.4) is 0 Å². The summed E-state index contributed by atoms with van der Waals surface area (Å²) in [6.07, 6.45) is 2.38. The SMILES string of the molecule is O=C(O)CN(Cc1ccccc1)C(=O)CCN1CCCCO1. The van der Waals surface area contributed by atoms with Gasteiger partial charge in [-0.2, -0.15) is 5.06 Å². The Morgan fingerprint density at radius 1 is 1.23 bits per heavy atom. The highest BCUT2D eigenvalue weighted by Crippen LogP contribution is 2.09. The molecule has 1 saturated heterocycles. The van der Waals surface area contributed by atoms with Crippen molar-refractivity contribution in [3.05, 3.63) is 35.9 Å². The average Bonchev–Trinajstić information content (AvgIpc) is 2.53. The largest absolute Gasteiger partial charge is 0.480 e. The van der Waals surface area contributed by atoms with Crippen molar-refractivity contribution in [2.45, 2.75) is 25.8 Å². The van der Waals surface area contributed by atoms with Crippen LogP contribution in [0.4, 0.5) is 0 Å². The number of benzene rings is 1. The number of nitrogens with zero attached hydrogens (tertiary/aromatic N) is 2. The van der Waals surface area contributed by atoms with Crippen LogP contribution in [-0.2, 0) is 21.0 Å². The maximum atomic E-state index is 12.3. The first-order valence-electron chi connectivity index (χ1n) is 7.56. The number of carbonyl (C=O) groups is 2. The van der Waals surface area contributed by atoms with Crippen molar-refractivity contribution < 1.29 is 19.5 Å². The third-order valence-corrected chi connectivity index (χ3v) is 3.55. The highest BCUT2D eigenvalue weighted by atomic mass is 16.7. The van der Waals surface area contributed by atoms with Crippen LogP contribution in [0, 0.1) is 0 Å². The van der Waals surface area contributed by atoms with E-state index in [4.69, 9.17) is 9.94 Å². The zero-order valence-corrected chi connectivity index (χ0v) is 12.6. The van der Waals surface area contributed by atoms with Gasteiger partial charge in [-0.1, -0.05) is 30.3 Å². The summed E-state index contributed by atoms with van der Waals surface area (Å²) >= 11 is 0. The molecule has 0 unspecified atom stereocenters. The van der Waals surface area contributed by atoms with Gasteiger partial charge in [-0.15, -0.1) is 0 Å². The molecule has 0 atom stereocenters. The van der Waals surface area contributed by atoms with E-state index in [0.717, 1.165) is 24.9 Å². The van der Waals surface area contributed by atoms with E-state index >= 15 is 0 Å². The summed E-state index contributed by atoms with van der Waals surface area (Å²) in [5.74, 6) is -1.17. The molecule has 2 rings (SSSR count). The molecule has 0 saturated carbocycles. The van der Waals surface area contributed by atoms with E-state index in [1.807, 2.05) is 30.3 Å². The van der Waals surface area contributed by atoms with Crippen molar-refractivity contribution in [3.8, 4) is 0 Å². The van der Waals surface area contributed by atoms with E-state index in [0.29, 0.717) is 19.7 Å². The molecule has 1 N–H and O–H groups in total. The number of hydrogen-bond acceptors (Lipinski definition) is 4. The number of carbonyl (C=O) groups excluding carboxylic acids is 1. The Balaban J connectivity index is 1.89. The molecule has 0 aromatic heterocycles. The lowest BCUT2D eigenvalue weighted by atomic mass is 10.2. The predicted molar refractivity (Wildman–Crippen MR) is 80.9 cm³/mol. The van der Waals surface area contributed by atoms with Crippen LogP contribution in [0.2, 0.25) is 0 Å². The van der Waals surface area contributed by atoms with Crippen molar-refractivity contribution in [2.75, 3.05) is 26.2 Å². The Morgan fingerprint density at radius 2 is 2.00 bits per heavy atom. The second-order valence-electron chi connectivity index (χ2n) is 5.35. The molecule has 0 bridgehead atoms. The topological polar surface area (TPSA) is 70.1 Å². The number of carboxylic acid groups (broad SMARTS) is 1. The zero-order valence-electron chi connectivity index (χ0n) is 12.6. The fourth-order valence-corrected chi connectivity index (χ4v) is 2.40. The van der Waals surface area contributed by atoms with Gasteiger partial charge in [0.2, 0.25) is 5.91 Å². The van der Waals surface area contributed by atoms with Gasteiger partial charge in [0.15, 0.2) is 0 Å². The first-order chi connectivity index (χ1) is 10.6. The Labute approximate surface area is 130 Å². The van der Waals surface area contributed by atoms with Crippen molar-refractivity contribution in [3.63, 3.8) is 0 Å². The molecule has 0 radical (unpaired) electrons. The Morgan fingerprint density at radius 3 is 2.64 bits per heavy atom. The van der Waals surface area contributed by atoms with Gasteiger partial charge < -0.3 is 10.0 Å². The van der Waals surface area contributed by atoms with Crippen LogP contribution in [0.15, 0.2) is 30.3 Å². The number of aliphatic carboxylic acids is 1. The Bertz CT molecular complexity index is 486. The molecule has 1 aliphatic heterocycles. The molecule has 1 amide bonds. The van der Waals surface area contributed by atoms with Crippen molar-refractivity contribution in [2.24, 2.45) is 0 Å². The molecule has 6 nitrogen and oxygen atoms in total. The first kappa shape index (κ1) is 16.5. The van der Waals surface area contributed by atoms with Crippen LogP contribution in [0.1, 0.15) is 24.8 Å². The van der Waals surface area contributed by atoms with Gasteiger partial charge in [-0.25, -0.2) is 0 Å². The highest BCUT2D eigenvalue weighted by molar-refractivity contribution is 5.81. The molecule has 22 heavy (non-hydrogen) atoms. The quantitative estimate of drug-likeness (QED) is 0.827. The molecule has 1 fully saturated rings. The van der Waals surface area contributed by atoms with Crippen LogP contribution in [0.25, 0.3) is 0 Å². The summed E-state index contributed by atoms with van der Waals surface area (Å²) in [5.41, 5.74) is 0.923. The van der Waals surface area contributed by atoms with Gasteiger partial charge in [0.05, 0.1) is 6.61 Å². The lowest BCUT2D eigenvalue weighted by molar-refractivity contribution is -0.182. The molecular weight excluding hydrogens is 284 g/mol. The van der Waals surface area contributed by atoms with Crippen LogP contribution in [0.5, 0.6) is 0 Å². The smallest absolute Gasteiger partial charge is 0.323 e. The third kappa shape index (κ3) is 5.46. The molecule has 120 valence electrons. The van der Waals surface area contributed by atoms with E-state index in [-0.39, 0.29) is 18.9 Å². The predicted octanol–water partition coefficient (Wildman–Crippen LogP) is 1.52. The Hall–Kier alpha value is -1.92. The van der Waals surface area contributed by atoms with E-state index in [2.05, 4.69) is 0 Å².